The third-order valence-electron chi connectivity index (χ3n) is 3.81. The van der Waals surface area contributed by atoms with Crippen molar-refractivity contribution in [2.75, 3.05) is 13.1 Å². The summed E-state index contributed by atoms with van der Waals surface area (Å²) in [6.07, 6.45) is 4.54. The van der Waals surface area contributed by atoms with E-state index in [0.717, 1.165) is 12.8 Å². The molecule has 1 aliphatic rings. The summed E-state index contributed by atoms with van der Waals surface area (Å²) in [7, 11) is 0. The largest absolute Gasteiger partial charge is 0.368 e. The molecule has 1 aromatic carbocycles. The Morgan fingerprint density at radius 1 is 1.19 bits per heavy atom. The summed E-state index contributed by atoms with van der Waals surface area (Å²) in [5.41, 5.74) is 8.55. The number of amides is 2. The molecule has 2 rings (SSSR count). The lowest BCUT2D eigenvalue weighted by Gasteiger charge is -2.24. The minimum atomic E-state index is -0.470. The number of carbonyl (C=O) groups is 2. The number of carbonyl (C=O) groups excluding carboxylic acids is 2. The number of aryl methyl sites for hydroxylation is 2. The van der Waals surface area contributed by atoms with E-state index in [9.17, 15) is 9.59 Å². The fourth-order valence-corrected chi connectivity index (χ4v) is 2.90. The van der Waals surface area contributed by atoms with E-state index in [-0.39, 0.29) is 12.5 Å². The fraction of sp³-hybridized carbons (Fsp3) is 0.529. The minimum absolute atomic E-state index is 0.0197. The summed E-state index contributed by atoms with van der Waals surface area (Å²) in [6.45, 7) is 4.56. The molecule has 0 heterocycles. The zero-order chi connectivity index (χ0) is 15.4. The van der Waals surface area contributed by atoms with Crippen LogP contribution in [0.15, 0.2) is 18.2 Å². The van der Waals surface area contributed by atoms with Gasteiger partial charge in [0.1, 0.15) is 0 Å². The molecular weight excluding hydrogens is 264 g/mol. The lowest BCUT2D eigenvalue weighted by molar-refractivity contribution is -0.118. The average molecular weight is 288 g/mol. The van der Waals surface area contributed by atoms with Crippen molar-refractivity contribution in [2.24, 2.45) is 11.7 Å². The van der Waals surface area contributed by atoms with Crippen LogP contribution in [0.3, 0.4) is 0 Å². The quantitative estimate of drug-likeness (QED) is 0.902. The van der Waals surface area contributed by atoms with Gasteiger partial charge < -0.3 is 10.6 Å². The van der Waals surface area contributed by atoms with E-state index < -0.39 is 5.91 Å². The highest BCUT2D eigenvalue weighted by molar-refractivity contribution is 5.96. The summed E-state index contributed by atoms with van der Waals surface area (Å²) in [5, 5.41) is 0. The summed E-state index contributed by atoms with van der Waals surface area (Å²) in [4.78, 5) is 25.4. The number of nitrogens with two attached hydrogens (primary N) is 1. The second-order valence-electron chi connectivity index (χ2n) is 6.24. The van der Waals surface area contributed by atoms with Gasteiger partial charge in [-0.2, -0.15) is 0 Å². The van der Waals surface area contributed by atoms with E-state index >= 15 is 0 Å². The molecule has 0 saturated carbocycles. The first-order chi connectivity index (χ1) is 9.97. The highest BCUT2D eigenvalue weighted by Crippen LogP contribution is 2.23. The standard InChI is InChI=1S/C17H24N2O2/c1-12(2)10-19(11-16(18)20)17(21)15-8-7-13-5-3-4-6-14(13)9-15/h7-9,12H,3-6,10-11H2,1-2H3,(H2,18,20). The van der Waals surface area contributed by atoms with Crippen molar-refractivity contribution in [3.05, 3.63) is 34.9 Å². The maximum absolute atomic E-state index is 12.6. The summed E-state index contributed by atoms with van der Waals surface area (Å²) in [5.74, 6) is -0.274. The van der Waals surface area contributed by atoms with E-state index in [4.69, 9.17) is 5.73 Å². The van der Waals surface area contributed by atoms with Crippen LogP contribution in [0.25, 0.3) is 0 Å². The highest BCUT2D eigenvalue weighted by atomic mass is 16.2. The van der Waals surface area contributed by atoms with Crippen LogP contribution >= 0.6 is 0 Å². The molecular formula is C17H24N2O2. The number of primary amides is 1. The summed E-state index contributed by atoms with van der Waals surface area (Å²) < 4.78 is 0. The first kappa shape index (κ1) is 15.5. The zero-order valence-corrected chi connectivity index (χ0v) is 12.9. The van der Waals surface area contributed by atoms with Crippen molar-refractivity contribution in [1.29, 1.82) is 0 Å². The number of benzene rings is 1. The Hall–Kier alpha value is -1.84. The lowest BCUT2D eigenvalue weighted by Crippen LogP contribution is -2.40. The Balaban J connectivity index is 2.21. The van der Waals surface area contributed by atoms with Crippen molar-refractivity contribution < 1.29 is 9.59 Å². The van der Waals surface area contributed by atoms with E-state index in [1.165, 1.54) is 24.0 Å². The molecule has 4 nitrogen and oxygen atoms in total. The van der Waals surface area contributed by atoms with Gasteiger partial charge in [0.25, 0.3) is 5.91 Å². The van der Waals surface area contributed by atoms with Crippen LogP contribution < -0.4 is 5.73 Å². The van der Waals surface area contributed by atoms with E-state index in [1.54, 1.807) is 4.90 Å². The second-order valence-corrected chi connectivity index (χ2v) is 6.24. The van der Waals surface area contributed by atoms with Crippen molar-refractivity contribution in [1.82, 2.24) is 4.90 Å². The van der Waals surface area contributed by atoms with Crippen molar-refractivity contribution in [3.8, 4) is 0 Å². The maximum Gasteiger partial charge on any atom is 0.254 e. The Labute approximate surface area is 126 Å². The molecule has 0 bridgehead atoms. The smallest absolute Gasteiger partial charge is 0.254 e. The zero-order valence-electron chi connectivity index (χ0n) is 12.9. The van der Waals surface area contributed by atoms with Gasteiger partial charge in [-0.05, 0) is 54.9 Å². The van der Waals surface area contributed by atoms with Crippen LogP contribution in [0.4, 0.5) is 0 Å². The number of hydrogen-bond donors (Lipinski definition) is 1. The lowest BCUT2D eigenvalue weighted by atomic mass is 9.90. The first-order valence-electron chi connectivity index (χ1n) is 7.66. The van der Waals surface area contributed by atoms with Gasteiger partial charge in [0, 0.05) is 12.1 Å². The van der Waals surface area contributed by atoms with Crippen LogP contribution in [0.1, 0.15) is 48.2 Å². The fourth-order valence-electron chi connectivity index (χ4n) is 2.90. The van der Waals surface area contributed by atoms with Crippen LogP contribution in [0.2, 0.25) is 0 Å². The van der Waals surface area contributed by atoms with Crippen molar-refractivity contribution >= 4 is 11.8 Å². The number of nitrogens with zero attached hydrogens (tertiary/aromatic N) is 1. The van der Waals surface area contributed by atoms with Gasteiger partial charge in [0.15, 0.2) is 0 Å². The topological polar surface area (TPSA) is 63.4 Å². The van der Waals surface area contributed by atoms with Gasteiger partial charge in [0.05, 0.1) is 6.54 Å². The molecule has 0 radical (unpaired) electrons. The van der Waals surface area contributed by atoms with Gasteiger partial charge >= 0.3 is 0 Å². The molecule has 1 aliphatic carbocycles. The molecule has 0 aromatic heterocycles. The van der Waals surface area contributed by atoms with Crippen molar-refractivity contribution in [2.45, 2.75) is 39.5 Å². The molecule has 2 N–H and O–H groups in total. The van der Waals surface area contributed by atoms with Crippen molar-refractivity contribution in [3.63, 3.8) is 0 Å². The number of rotatable bonds is 5. The summed E-state index contributed by atoms with van der Waals surface area (Å²) in [6, 6.07) is 5.92. The van der Waals surface area contributed by atoms with Gasteiger partial charge in [-0.3, -0.25) is 9.59 Å². The van der Waals surface area contributed by atoms with Gasteiger partial charge in [-0.15, -0.1) is 0 Å². The molecule has 114 valence electrons. The van der Waals surface area contributed by atoms with Crippen LogP contribution in [0.5, 0.6) is 0 Å². The first-order valence-corrected chi connectivity index (χ1v) is 7.66. The van der Waals surface area contributed by atoms with Crippen LogP contribution in [0, 0.1) is 5.92 Å². The molecule has 1 aromatic rings. The molecule has 0 aliphatic heterocycles. The number of hydrogen-bond acceptors (Lipinski definition) is 2. The SMILES string of the molecule is CC(C)CN(CC(N)=O)C(=O)c1ccc2c(c1)CCCC2. The summed E-state index contributed by atoms with van der Waals surface area (Å²) >= 11 is 0. The number of fused-ring (bicyclic) bond motifs is 1. The highest BCUT2D eigenvalue weighted by Gasteiger charge is 2.20. The minimum Gasteiger partial charge on any atom is -0.368 e. The molecule has 4 heteroatoms. The molecule has 0 spiro atoms. The van der Waals surface area contributed by atoms with Gasteiger partial charge in [-0.25, -0.2) is 0 Å². The van der Waals surface area contributed by atoms with Gasteiger partial charge in [-0.1, -0.05) is 19.9 Å². The van der Waals surface area contributed by atoms with E-state index in [0.29, 0.717) is 18.0 Å². The normalized spacial score (nSPS) is 13.9. The monoisotopic (exact) mass is 288 g/mol. The molecule has 0 fully saturated rings. The predicted octanol–water partition coefficient (Wildman–Crippen LogP) is 2.15. The Bertz CT molecular complexity index is 538. The third-order valence-corrected chi connectivity index (χ3v) is 3.81. The Morgan fingerprint density at radius 3 is 2.48 bits per heavy atom. The van der Waals surface area contributed by atoms with Crippen LogP contribution in [-0.4, -0.2) is 29.8 Å². The van der Waals surface area contributed by atoms with E-state index in [1.807, 2.05) is 26.0 Å². The molecule has 0 saturated heterocycles. The third kappa shape index (κ3) is 4.06. The molecule has 0 atom stereocenters. The maximum atomic E-state index is 12.6. The van der Waals surface area contributed by atoms with Gasteiger partial charge in [0.2, 0.25) is 5.91 Å². The molecule has 21 heavy (non-hydrogen) atoms. The van der Waals surface area contributed by atoms with Crippen LogP contribution in [-0.2, 0) is 17.6 Å². The molecule has 0 unspecified atom stereocenters. The Kier molecular flexibility index (Phi) is 4.99. The van der Waals surface area contributed by atoms with E-state index in [2.05, 4.69) is 6.07 Å². The second kappa shape index (κ2) is 6.74. The average Bonchev–Trinajstić information content (AvgIpc) is 2.44. The Morgan fingerprint density at radius 2 is 1.86 bits per heavy atom. The molecule has 2 amide bonds. The predicted molar refractivity (Wildman–Crippen MR) is 83.0 cm³/mol.